The van der Waals surface area contributed by atoms with E-state index in [0.29, 0.717) is 27.7 Å². The summed E-state index contributed by atoms with van der Waals surface area (Å²) in [6, 6.07) is 5.18. The highest BCUT2D eigenvalue weighted by molar-refractivity contribution is 7.14. The Bertz CT molecular complexity index is 889. The average molecular weight is 404 g/mol. The molecule has 2 aromatic rings. The van der Waals surface area contributed by atoms with Crippen molar-refractivity contribution in [1.29, 1.82) is 0 Å². The summed E-state index contributed by atoms with van der Waals surface area (Å²) in [6.45, 7) is 4.00. The van der Waals surface area contributed by atoms with Gasteiger partial charge in [-0.25, -0.2) is 0 Å². The Hall–Kier alpha value is -3.00. The Kier molecular flexibility index (Phi) is 7.45. The van der Waals surface area contributed by atoms with Crippen LogP contribution in [0.3, 0.4) is 0 Å². The number of methoxy groups -OCH3 is 3. The van der Waals surface area contributed by atoms with Crippen LogP contribution in [0, 0.1) is 6.92 Å². The molecule has 2 rings (SSSR count). The second-order valence-corrected chi connectivity index (χ2v) is 6.93. The monoisotopic (exact) mass is 404 g/mol. The first kappa shape index (κ1) is 21.3. The Balaban J connectivity index is 2.04. The third-order valence-electron chi connectivity index (χ3n) is 4.01. The maximum atomic E-state index is 12.2. The molecule has 1 heterocycles. The fourth-order valence-corrected chi connectivity index (χ4v) is 3.56. The standard InChI is InChI=1S/C20H24N2O5S/c1-6-17-12(2)9-18(28-17)20(24)22-21-19(23)8-7-13-10-15(26-4)16(27-5)11-14(13)25-3/h7-11H,6H2,1-5H3,(H,21,23)(H,22,24)/b8-7+. The molecule has 1 aromatic carbocycles. The van der Waals surface area contributed by atoms with E-state index in [0.717, 1.165) is 16.9 Å². The maximum absolute atomic E-state index is 12.2. The van der Waals surface area contributed by atoms with E-state index < -0.39 is 5.91 Å². The zero-order chi connectivity index (χ0) is 20.7. The summed E-state index contributed by atoms with van der Waals surface area (Å²) in [7, 11) is 4.57. The van der Waals surface area contributed by atoms with Gasteiger partial charge in [0, 0.05) is 22.6 Å². The fourth-order valence-electron chi connectivity index (χ4n) is 2.55. The van der Waals surface area contributed by atoms with Crippen LogP contribution in [-0.4, -0.2) is 33.1 Å². The van der Waals surface area contributed by atoms with Crippen LogP contribution in [0.1, 0.15) is 32.6 Å². The Morgan fingerprint density at radius 1 is 1.00 bits per heavy atom. The molecule has 1 aromatic heterocycles. The molecule has 150 valence electrons. The van der Waals surface area contributed by atoms with Crippen LogP contribution in [-0.2, 0) is 11.2 Å². The number of benzene rings is 1. The van der Waals surface area contributed by atoms with Crippen molar-refractivity contribution in [2.75, 3.05) is 21.3 Å². The summed E-state index contributed by atoms with van der Waals surface area (Å²) >= 11 is 1.42. The summed E-state index contributed by atoms with van der Waals surface area (Å²) in [4.78, 5) is 25.9. The van der Waals surface area contributed by atoms with Crippen LogP contribution in [0.25, 0.3) is 6.08 Å². The third-order valence-corrected chi connectivity index (χ3v) is 5.40. The van der Waals surface area contributed by atoms with Crippen LogP contribution in [0.2, 0.25) is 0 Å². The van der Waals surface area contributed by atoms with Crippen molar-refractivity contribution < 1.29 is 23.8 Å². The number of carbonyl (C=O) groups excluding carboxylic acids is 2. The van der Waals surface area contributed by atoms with E-state index in [-0.39, 0.29) is 5.91 Å². The molecule has 2 N–H and O–H groups in total. The number of hydrogen-bond acceptors (Lipinski definition) is 6. The lowest BCUT2D eigenvalue weighted by Crippen LogP contribution is -2.40. The molecule has 0 unspecified atom stereocenters. The van der Waals surface area contributed by atoms with Gasteiger partial charge in [-0.15, -0.1) is 11.3 Å². The first-order valence-electron chi connectivity index (χ1n) is 8.61. The lowest BCUT2D eigenvalue weighted by molar-refractivity contribution is -0.117. The van der Waals surface area contributed by atoms with Gasteiger partial charge < -0.3 is 14.2 Å². The second kappa shape index (κ2) is 9.80. The van der Waals surface area contributed by atoms with Crippen molar-refractivity contribution in [1.82, 2.24) is 10.9 Å². The van der Waals surface area contributed by atoms with Crippen LogP contribution in [0.5, 0.6) is 17.2 Å². The predicted octanol–water partition coefficient (Wildman–Crippen LogP) is 3.12. The molecule has 0 aliphatic rings. The minimum absolute atomic E-state index is 0.349. The van der Waals surface area contributed by atoms with E-state index >= 15 is 0 Å². The van der Waals surface area contributed by atoms with Crippen LogP contribution >= 0.6 is 11.3 Å². The Morgan fingerprint density at radius 3 is 2.21 bits per heavy atom. The molecule has 0 aliphatic heterocycles. The van der Waals surface area contributed by atoms with Gasteiger partial charge in [-0.1, -0.05) is 6.92 Å². The number of carbonyl (C=O) groups is 2. The summed E-state index contributed by atoms with van der Waals surface area (Å²) < 4.78 is 15.8. The van der Waals surface area contributed by atoms with Gasteiger partial charge in [0.1, 0.15) is 5.75 Å². The minimum Gasteiger partial charge on any atom is -0.496 e. The van der Waals surface area contributed by atoms with Crippen molar-refractivity contribution in [3.8, 4) is 17.2 Å². The zero-order valence-electron chi connectivity index (χ0n) is 16.5. The number of thiophene rings is 1. The van der Waals surface area contributed by atoms with Gasteiger partial charge in [0.05, 0.1) is 26.2 Å². The van der Waals surface area contributed by atoms with E-state index in [4.69, 9.17) is 14.2 Å². The molecule has 0 aliphatic carbocycles. The molecule has 7 nitrogen and oxygen atoms in total. The predicted molar refractivity (Wildman–Crippen MR) is 109 cm³/mol. The summed E-state index contributed by atoms with van der Waals surface area (Å²) in [5.41, 5.74) is 6.49. The molecular formula is C20H24N2O5S. The summed E-state index contributed by atoms with van der Waals surface area (Å²) in [5, 5.41) is 0. The van der Waals surface area contributed by atoms with Crippen molar-refractivity contribution in [3.63, 3.8) is 0 Å². The first-order chi connectivity index (χ1) is 13.4. The van der Waals surface area contributed by atoms with Gasteiger partial charge in [-0.2, -0.15) is 0 Å². The van der Waals surface area contributed by atoms with Crippen LogP contribution in [0.15, 0.2) is 24.3 Å². The normalized spacial score (nSPS) is 10.6. The lowest BCUT2D eigenvalue weighted by atomic mass is 10.1. The number of hydrazine groups is 1. The fraction of sp³-hybridized carbons (Fsp3) is 0.300. The van der Waals surface area contributed by atoms with Crippen molar-refractivity contribution in [2.24, 2.45) is 0 Å². The van der Waals surface area contributed by atoms with Crippen molar-refractivity contribution in [3.05, 3.63) is 45.2 Å². The topological polar surface area (TPSA) is 85.9 Å². The molecule has 2 amide bonds. The molecule has 28 heavy (non-hydrogen) atoms. The molecular weight excluding hydrogens is 380 g/mol. The molecule has 0 spiro atoms. The van der Waals surface area contributed by atoms with Gasteiger partial charge in [0.15, 0.2) is 11.5 Å². The summed E-state index contributed by atoms with van der Waals surface area (Å²) in [5.74, 6) is 0.724. The van der Waals surface area contributed by atoms with E-state index in [1.807, 2.05) is 19.9 Å². The molecule has 0 fully saturated rings. The van der Waals surface area contributed by atoms with E-state index in [1.165, 1.54) is 38.7 Å². The van der Waals surface area contributed by atoms with Crippen LogP contribution < -0.4 is 25.1 Å². The minimum atomic E-state index is -0.478. The molecule has 0 radical (unpaired) electrons. The highest BCUT2D eigenvalue weighted by atomic mass is 32.1. The number of hydrogen-bond donors (Lipinski definition) is 2. The molecule has 8 heteroatoms. The van der Waals surface area contributed by atoms with E-state index in [1.54, 1.807) is 18.2 Å². The molecule has 0 saturated heterocycles. The quantitative estimate of drug-likeness (QED) is 0.547. The Morgan fingerprint density at radius 2 is 1.64 bits per heavy atom. The Labute approximate surface area is 168 Å². The van der Waals surface area contributed by atoms with Crippen molar-refractivity contribution >= 4 is 29.2 Å². The largest absolute Gasteiger partial charge is 0.496 e. The first-order valence-corrected chi connectivity index (χ1v) is 9.42. The van der Waals surface area contributed by atoms with Gasteiger partial charge in [-0.3, -0.25) is 20.4 Å². The number of aryl methyl sites for hydroxylation is 2. The maximum Gasteiger partial charge on any atom is 0.279 e. The molecule has 0 saturated carbocycles. The SMILES string of the molecule is CCc1sc(C(=O)NNC(=O)/C=C/c2cc(OC)c(OC)cc2OC)cc1C. The smallest absolute Gasteiger partial charge is 0.279 e. The average Bonchev–Trinajstić information content (AvgIpc) is 3.10. The number of rotatable bonds is 7. The van der Waals surface area contributed by atoms with E-state index in [9.17, 15) is 9.59 Å². The molecule has 0 bridgehead atoms. The molecule has 0 atom stereocenters. The zero-order valence-corrected chi connectivity index (χ0v) is 17.4. The summed E-state index contributed by atoms with van der Waals surface area (Å²) in [6.07, 6.45) is 3.72. The van der Waals surface area contributed by atoms with Gasteiger partial charge in [-0.05, 0) is 37.1 Å². The second-order valence-electron chi connectivity index (χ2n) is 5.80. The number of amides is 2. The van der Waals surface area contributed by atoms with Gasteiger partial charge in [0.2, 0.25) is 0 Å². The number of nitrogens with one attached hydrogen (secondary N) is 2. The lowest BCUT2D eigenvalue weighted by Gasteiger charge is -2.12. The third kappa shape index (κ3) is 5.04. The number of ether oxygens (including phenoxy) is 3. The highest BCUT2D eigenvalue weighted by Gasteiger charge is 2.13. The van der Waals surface area contributed by atoms with Crippen molar-refractivity contribution in [2.45, 2.75) is 20.3 Å². The van der Waals surface area contributed by atoms with Gasteiger partial charge in [0.25, 0.3) is 11.8 Å². The van der Waals surface area contributed by atoms with Gasteiger partial charge >= 0.3 is 0 Å². The highest BCUT2D eigenvalue weighted by Crippen LogP contribution is 2.35. The van der Waals surface area contributed by atoms with Crippen LogP contribution in [0.4, 0.5) is 0 Å². The van der Waals surface area contributed by atoms with E-state index in [2.05, 4.69) is 10.9 Å².